The van der Waals surface area contributed by atoms with Gasteiger partial charge in [-0.05, 0) is 56.0 Å². The van der Waals surface area contributed by atoms with Gasteiger partial charge in [0.15, 0.2) is 0 Å². The third-order valence-corrected chi connectivity index (χ3v) is 4.94. The summed E-state index contributed by atoms with van der Waals surface area (Å²) in [6.45, 7) is 2.70. The number of aromatic nitrogens is 2. The number of nitrogens with zero attached hydrogens (tertiary/aromatic N) is 3. The van der Waals surface area contributed by atoms with Crippen molar-refractivity contribution in [2.24, 2.45) is 0 Å². The van der Waals surface area contributed by atoms with Gasteiger partial charge in [-0.15, -0.1) is 12.4 Å². The smallest absolute Gasteiger partial charge is 0.274 e. The fourth-order valence-electron chi connectivity index (χ4n) is 3.32. The first-order chi connectivity index (χ1) is 12.7. The molecule has 0 saturated carbocycles. The van der Waals surface area contributed by atoms with Gasteiger partial charge in [-0.3, -0.25) is 9.48 Å². The molecule has 1 fully saturated rings. The first-order valence-corrected chi connectivity index (χ1v) is 9.31. The molecule has 7 heteroatoms. The van der Waals surface area contributed by atoms with Crippen molar-refractivity contribution in [1.29, 1.82) is 0 Å². The molecule has 27 heavy (non-hydrogen) atoms. The number of hydrogen-bond acceptors (Lipinski definition) is 4. The van der Waals surface area contributed by atoms with Crippen molar-refractivity contribution in [2.45, 2.75) is 31.7 Å². The number of methoxy groups -OCH3 is 1. The summed E-state index contributed by atoms with van der Waals surface area (Å²) in [5, 5.41) is 7.89. The van der Waals surface area contributed by atoms with Crippen LogP contribution < -0.4 is 10.1 Å². The van der Waals surface area contributed by atoms with Crippen LogP contribution in [0.5, 0.6) is 5.75 Å². The van der Waals surface area contributed by atoms with E-state index in [1.54, 1.807) is 12.0 Å². The minimum atomic E-state index is -0.0118. The maximum Gasteiger partial charge on any atom is 0.274 e. The highest BCUT2D eigenvalue weighted by molar-refractivity contribution is 5.92. The fourth-order valence-corrected chi connectivity index (χ4v) is 3.32. The lowest BCUT2D eigenvalue weighted by Crippen LogP contribution is -2.32. The van der Waals surface area contributed by atoms with E-state index in [4.69, 9.17) is 4.74 Å². The maximum atomic E-state index is 12.6. The lowest BCUT2D eigenvalue weighted by atomic mass is 10.1. The number of halogens is 1. The van der Waals surface area contributed by atoms with E-state index in [1.807, 2.05) is 36.1 Å². The molecule has 1 atom stereocenters. The Balaban J connectivity index is 0.00000261. The number of nitrogens with one attached hydrogen (secondary N) is 1. The summed E-state index contributed by atoms with van der Waals surface area (Å²) in [7, 11) is 3.51. The van der Waals surface area contributed by atoms with Crippen LogP contribution in [-0.4, -0.2) is 54.4 Å². The Hall–Kier alpha value is -2.05. The lowest BCUT2D eigenvalue weighted by Gasteiger charge is -2.23. The van der Waals surface area contributed by atoms with E-state index < -0.39 is 0 Å². The third kappa shape index (κ3) is 5.71. The van der Waals surface area contributed by atoms with E-state index in [0.717, 1.165) is 44.5 Å². The minimum absolute atomic E-state index is 0. The first-order valence-electron chi connectivity index (χ1n) is 9.31. The van der Waals surface area contributed by atoms with Crippen molar-refractivity contribution in [3.8, 4) is 5.75 Å². The van der Waals surface area contributed by atoms with Gasteiger partial charge in [-0.1, -0.05) is 12.1 Å². The van der Waals surface area contributed by atoms with Crippen LogP contribution in [0.15, 0.2) is 36.5 Å². The minimum Gasteiger partial charge on any atom is -0.497 e. The second-order valence-electron chi connectivity index (χ2n) is 6.86. The van der Waals surface area contributed by atoms with Crippen LogP contribution in [-0.2, 0) is 6.42 Å². The zero-order chi connectivity index (χ0) is 18.4. The Morgan fingerprint density at radius 2 is 2.11 bits per heavy atom. The number of rotatable bonds is 7. The van der Waals surface area contributed by atoms with E-state index in [9.17, 15) is 4.79 Å². The second kappa shape index (κ2) is 10.3. The van der Waals surface area contributed by atoms with Crippen molar-refractivity contribution in [1.82, 2.24) is 20.0 Å². The molecule has 6 nitrogen and oxygen atoms in total. The topological polar surface area (TPSA) is 59.4 Å². The van der Waals surface area contributed by atoms with Crippen LogP contribution in [0.1, 0.15) is 41.4 Å². The number of piperidine rings is 1. The average Bonchev–Trinajstić information content (AvgIpc) is 3.18. The Labute approximate surface area is 167 Å². The molecular weight excluding hydrogens is 364 g/mol. The van der Waals surface area contributed by atoms with Crippen molar-refractivity contribution in [3.05, 3.63) is 47.8 Å². The van der Waals surface area contributed by atoms with Gasteiger partial charge in [0.25, 0.3) is 5.91 Å². The number of benzene rings is 1. The van der Waals surface area contributed by atoms with Gasteiger partial charge in [0.2, 0.25) is 0 Å². The summed E-state index contributed by atoms with van der Waals surface area (Å²) in [4.78, 5) is 14.3. The SMILES string of the molecule is COc1ccc(CCCN(C)C(=O)c2ccn(C3CCCNC3)n2)cc1.Cl. The molecule has 0 radical (unpaired) electrons. The van der Waals surface area contributed by atoms with Gasteiger partial charge in [-0.2, -0.15) is 5.10 Å². The van der Waals surface area contributed by atoms with Crippen LogP contribution >= 0.6 is 12.4 Å². The number of aryl methyl sites for hydroxylation is 1. The van der Waals surface area contributed by atoms with Crippen LogP contribution in [0, 0.1) is 0 Å². The zero-order valence-electron chi connectivity index (χ0n) is 16.1. The largest absolute Gasteiger partial charge is 0.497 e. The molecule has 0 bridgehead atoms. The molecule has 1 N–H and O–H groups in total. The van der Waals surface area contributed by atoms with Gasteiger partial charge in [-0.25, -0.2) is 0 Å². The monoisotopic (exact) mass is 392 g/mol. The summed E-state index contributed by atoms with van der Waals surface area (Å²) < 4.78 is 7.11. The lowest BCUT2D eigenvalue weighted by molar-refractivity contribution is 0.0786. The molecule has 0 aliphatic carbocycles. The number of carbonyl (C=O) groups is 1. The third-order valence-electron chi connectivity index (χ3n) is 4.94. The Kier molecular flexibility index (Phi) is 8.13. The first kappa shape index (κ1) is 21.3. The molecule has 3 rings (SSSR count). The molecule has 1 aliphatic heterocycles. The van der Waals surface area contributed by atoms with Gasteiger partial charge in [0.05, 0.1) is 13.2 Å². The summed E-state index contributed by atoms with van der Waals surface area (Å²) >= 11 is 0. The fraction of sp³-hybridized carbons (Fsp3) is 0.500. The van der Waals surface area contributed by atoms with Gasteiger partial charge in [0.1, 0.15) is 11.4 Å². The number of hydrogen-bond donors (Lipinski definition) is 1. The molecule has 1 aliphatic rings. The van der Waals surface area contributed by atoms with Crippen LogP contribution in [0.4, 0.5) is 0 Å². The van der Waals surface area contributed by atoms with Crippen molar-refractivity contribution in [3.63, 3.8) is 0 Å². The van der Waals surface area contributed by atoms with E-state index in [1.165, 1.54) is 5.56 Å². The van der Waals surface area contributed by atoms with Gasteiger partial charge >= 0.3 is 0 Å². The van der Waals surface area contributed by atoms with Crippen LogP contribution in [0.2, 0.25) is 0 Å². The van der Waals surface area contributed by atoms with E-state index in [0.29, 0.717) is 18.3 Å². The Morgan fingerprint density at radius 3 is 2.78 bits per heavy atom. The molecule has 148 valence electrons. The highest BCUT2D eigenvalue weighted by atomic mass is 35.5. The number of carbonyl (C=O) groups excluding carboxylic acids is 1. The molecule has 1 saturated heterocycles. The van der Waals surface area contributed by atoms with E-state index in [2.05, 4.69) is 22.5 Å². The zero-order valence-corrected chi connectivity index (χ0v) is 16.9. The highest BCUT2D eigenvalue weighted by Gasteiger charge is 2.19. The molecule has 2 aromatic rings. The predicted molar refractivity (Wildman–Crippen MR) is 109 cm³/mol. The van der Waals surface area contributed by atoms with Crippen molar-refractivity contribution >= 4 is 18.3 Å². The molecule has 1 aromatic carbocycles. The maximum absolute atomic E-state index is 12.6. The summed E-state index contributed by atoms with van der Waals surface area (Å²) in [5.74, 6) is 0.854. The normalized spacial score (nSPS) is 16.4. The Bertz CT molecular complexity index is 711. The molecular formula is C20H29ClN4O2. The summed E-state index contributed by atoms with van der Waals surface area (Å²) in [5.41, 5.74) is 1.78. The van der Waals surface area contributed by atoms with Crippen LogP contribution in [0.3, 0.4) is 0 Å². The molecule has 0 spiro atoms. The number of ether oxygens (including phenoxy) is 1. The summed E-state index contributed by atoms with van der Waals surface area (Å²) in [6, 6.07) is 10.3. The van der Waals surface area contributed by atoms with Crippen molar-refractivity contribution < 1.29 is 9.53 Å². The van der Waals surface area contributed by atoms with Crippen molar-refractivity contribution in [2.75, 3.05) is 33.8 Å². The highest BCUT2D eigenvalue weighted by Crippen LogP contribution is 2.16. The van der Waals surface area contributed by atoms with E-state index in [-0.39, 0.29) is 18.3 Å². The molecule has 1 unspecified atom stereocenters. The standard InChI is InChI=1S/C20H28N4O2.ClH/c1-23(13-4-5-16-7-9-18(26-2)10-8-16)20(25)19-11-14-24(22-19)17-6-3-12-21-15-17;/h7-11,14,17,21H,3-6,12-13,15H2,1-2H3;1H. The van der Waals surface area contributed by atoms with Gasteiger partial charge in [0, 0.05) is 26.3 Å². The van der Waals surface area contributed by atoms with Gasteiger partial charge < -0.3 is 15.0 Å². The predicted octanol–water partition coefficient (Wildman–Crippen LogP) is 2.94. The Morgan fingerprint density at radius 1 is 1.33 bits per heavy atom. The number of amides is 1. The average molecular weight is 393 g/mol. The quantitative estimate of drug-likeness (QED) is 0.787. The van der Waals surface area contributed by atoms with E-state index >= 15 is 0 Å². The molecule has 2 heterocycles. The molecule has 1 amide bonds. The second-order valence-corrected chi connectivity index (χ2v) is 6.86. The molecule has 1 aromatic heterocycles. The summed E-state index contributed by atoms with van der Waals surface area (Å²) in [6.07, 6.45) is 6.04. The van der Waals surface area contributed by atoms with Crippen LogP contribution in [0.25, 0.3) is 0 Å².